The number of nitrogens with two attached hydrogens (primary N) is 1. The first-order valence-electron chi connectivity index (χ1n) is 7.26. The molecule has 1 aromatic rings. The molecular weight excluding hydrogens is 238 g/mol. The highest BCUT2D eigenvalue weighted by Gasteiger charge is 2.23. The van der Waals surface area contributed by atoms with Gasteiger partial charge in [-0.2, -0.15) is 0 Å². The van der Waals surface area contributed by atoms with Crippen LogP contribution in [0.3, 0.4) is 0 Å². The van der Waals surface area contributed by atoms with Crippen LogP contribution in [0.15, 0.2) is 24.3 Å². The lowest BCUT2D eigenvalue weighted by atomic mass is 9.99. The molecule has 2 rings (SSSR count). The van der Waals surface area contributed by atoms with Crippen molar-refractivity contribution in [2.24, 2.45) is 5.73 Å². The molecule has 1 aliphatic heterocycles. The minimum absolute atomic E-state index is 0.0307. The normalized spacial score (nSPS) is 22.4. The maximum atomic E-state index is 6.22. The van der Waals surface area contributed by atoms with Gasteiger partial charge in [0.25, 0.3) is 0 Å². The van der Waals surface area contributed by atoms with Crippen LogP contribution in [0.2, 0.25) is 0 Å². The van der Waals surface area contributed by atoms with Crippen LogP contribution in [0, 0.1) is 6.92 Å². The number of hydrogen-bond donors (Lipinski definition) is 1. The van der Waals surface area contributed by atoms with Gasteiger partial charge in [0, 0.05) is 12.6 Å². The Balaban J connectivity index is 2.02. The molecule has 1 fully saturated rings. The molecule has 0 saturated carbocycles. The van der Waals surface area contributed by atoms with Gasteiger partial charge in [0.15, 0.2) is 0 Å². The number of aryl methyl sites for hydroxylation is 1. The van der Waals surface area contributed by atoms with Crippen molar-refractivity contribution in [3.05, 3.63) is 35.4 Å². The van der Waals surface area contributed by atoms with Crippen LogP contribution in [-0.2, 0) is 9.47 Å². The summed E-state index contributed by atoms with van der Waals surface area (Å²) in [6.07, 6.45) is 3.36. The van der Waals surface area contributed by atoms with E-state index in [1.54, 1.807) is 0 Å². The van der Waals surface area contributed by atoms with Crippen LogP contribution in [0.4, 0.5) is 0 Å². The molecule has 106 valence electrons. The van der Waals surface area contributed by atoms with Crippen LogP contribution < -0.4 is 5.73 Å². The van der Waals surface area contributed by atoms with Crippen LogP contribution in [0.1, 0.15) is 43.4 Å². The zero-order chi connectivity index (χ0) is 13.7. The fourth-order valence-electron chi connectivity index (χ4n) is 2.51. The molecule has 1 saturated heterocycles. The molecule has 0 radical (unpaired) electrons. The highest BCUT2D eigenvalue weighted by molar-refractivity contribution is 5.25. The van der Waals surface area contributed by atoms with Gasteiger partial charge in [0.2, 0.25) is 0 Å². The van der Waals surface area contributed by atoms with Gasteiger partial charge in [-0.15, -0.1) is 0 Å². The molecule has 19 heavy (non-hydrogen) atoms. The summed E-state index contributed by atoms with van der Waals surface area (Å²) in [5, 5.41) is 0. The van der Waals surface area contributed by atoms with Crippen molar-refractivity contribution in [1.29, 1.82) is 0 Å². The van der Waals surface area contributed by atoms with Crippen LogP contribution in [0.5, 0.6) is 0 Å². The standard InChI is InChI=1S/C16H25NO2/c1-3-15(17)16(13-7-4-6-12(2)10-13)19-11-14-8-5-9-18-14/h4,6-7,10,14-16H,3,5,8-9,11,17H2,1-2H3. The van der Waals surface area contributed by atoms with Gasteiger partial charge in [-0.3, -0.25) is 0 Å². The van der Waals surface area contributed by atoms with E-state index in [2.05, 4.69) is 38.1 Å². The summed E-state index contributed by atoms with van der Waals surface area (Å²) < 4.78 is 11.7. The fourth-order valence-corrected chi connectivity index (χ4v) is 2.51. The lowest BCUT2D eigenvalue weighted by molar-refractivity contribution is -0.0310. The Bertz CT molecular complexity index is 388. The summed E-state index contributed by atoms with van der Waals surface area (Å²) in [6.45, 7) is 5.70. The molecule has 3 heteroatoms. The van der Waals surface area contributed by atoms with Gasteiger partial charge in [-0.05, 0) is 31.7 Å². The molecule has 2 N–H and O–H groups in total. The highest BCUT2D eigenvalue weighted by atomic mass is 16.5. The Morgan fingerprint density at radius 1 is 1.47 bits per heavy atom. The first-order valence-corrected chi connectivity index (χ1v) is 7.26. The summed E-state index contributed by atoms with van der Waals surface area (Å²) in [7, 11) is 0. The summed E-state index contributed by atoms with van der Waals surface area (Å²) in [5.41, 5.74) is 8.63. The zero-order valence-electron chi connectivity index (χ0n) is 12.0. The smallest absolute Gasteiger partial charge is 0.0976 e. The summed E-state index contributed by atoms with van der Waals surface area (Å²) in [6, 6.07) is 8.45. The summed E-state index contributed by atoms with van der Waals surface area (Å²) >= 11 is 0. The average Bonchev–Trinajstić information content (AvgIpc) is 2.92. The van der Waals surface area contributed by atoms with Crippen molar-refractivity contribution < 1.29 is 9.47 Å². The van der Waals surface area contributed by atoms with E-state index < -0.39 is 0 Å². The molecule has 3 atom stereocenters. The molecule has 0 aliphatic carbocycles. The van der Waals surface area contributed by atoms with Crippen molar-refractivity contribution >= 4 is 0 Å². The van der Waals surface area contributed by atoms with Gasteiger partial charge < -0.3 is 15.2 Å². The van der Waals surface area contributed by atoms with E-state index in [4.69, 9.17) is 15.2 Å². The minimum Gasteiger partial charge on any atom is -0.376 e. The summed E-state index contributed by atoms with van der Waals surface area (Å²) in [5.74, 6) is 0. The molecular formula is C16H25NO2. The topological polar surface area (TPSA) is 44.5 Å². The predicted molar refractivity (Wildman–Crippen MR) is 77.1 cm³/mol. The second-order valence-corrected chi connectivity index (χ2v) is 5.38. The third-order valence-electron chi connectivity index (χ3n) is 3.72. The average molecular weight is 263 g/mol. The third kappa shape index (κ3) is 4.03. The summed E-state index contributed by atoms with van der Waals surface area (Å²) in [4.78, 5) is 0. The van der Waals surface area contributed by atoms with E-state index >= 15 is 0 Å². The second-order valence-electron chi connectivity index (χ2n) is 5.38. The number of benzene rings is 1. The molecule has 1 aromatic carbocycles. The molecule has 0 spiro atoms. The quantitative estimate of drug-likeness (QED) is 0.858. The maximum Gasteiger partial charge on any atom is 0.0976 e. The first-order chi connectivity index (χ1) is 9.20. The Kier molecular flexibility index (Phi) is 5.37. The number of rotatable bonds is 6. The van der Waals surface area contributed by atoms with Crippen LogP contribution in [0.25, 0.3) is 0 Å². The Hall–Kier alpha value is -0.900. The maximum absolute atomic E-state index is 6.22. The molecule has 1 heterocycles. The van der Waals surface area contributed by atoms with Crippen molar-refractivity contribution in [2.45, 2.75) is 51.4 Å². The van der Waals surface area contributed by atoms with Crippen molar-refractivity contribution in [2.75, 3.05) is 13.2 Å². The van der Waals surface area contributed by atoms with E-state index in [0.29, 0.717) is 6.61 Å². The van der Waals surface area contributed by atoms with E-state index in [-0.39, 0.29) is 18.2 Å². The first kappa shape index (κ1) is 14.5. The number of hydrogen-bond acceptors (Lipinski definition) is 3. The van der Waals surface area contributed by atoms with E-state index in [1.165, 1.54) is 11.1 Å². The van der Waals surface area contributed by atoms with Crippen molar-refractivity contribution in [3.63, 3.8) is 0 Å². The Labute approximate surface area is 116 Å². The van der Waals surface area contributed by atoms with Gasteiger partial charge >= 0.3 is 0 Å². The van der Waals surface area contributed by atoms with E-state index in [1.807, 2.05) is 0 Å². The minimum atomic E-state index is -0.0332. The van der Waals surface area contributed by atoms with Gasteiger partial charge in [0.05, 0.1) is 18.8 Å². The van der Waals surface area contributed by atoms with E-state index in [0.717, 1.165) is 25.9 Å². The van der Waals surface area contributed by atoms with Gasteiger partial charge in [0.1, 0.15) is 0 Å². The molecule has 3 nitrogen and oxygen atoms in total. The lowest BCUT2D eigenvalue weighted by Gasteiger charge is -2.25. The molecule has 3 unspecified atom stereocenters. The van der Waals surface area contributed by atoms with Crippen molar-refractivity contribution in [1.82, 2.24) is 0 Å². The van der Waals surface area contributed by atoms with Gasteiger partial charge in [-0.25, -0.2) is 0 Å². The number of ether oxygens (including phenoxy) is 2. The Morgan fingerprint density at radius 2 is 2.32 bits per heavy atom. The van der Waals surface area contributed by atoms with E-state index in [9.17, 15) is 0 Å². The molecule has 0 amide bonds. The fraction of sp³-hybridized carbons (Fsp3) is 0.625. The second kappa shape index (κ2) is 7.04. The molecule has 0 bridgehead atoms. The monoisotopic (exact) mass is 263 g/mol. The van der Waals surface area contributed by atoms with Crippen LogP contribution >= 0.6 is 0 Å². The highest BCUT2D eigenvalue weighted by Crippen LogP contribution is 2.24. The van der Waals surface area contributed by atoms with Gasteiger partial charge in [-0.1, -0.05) is 36.8 Å². The zero-order valence-corrected chi connectivity index (χ0v) is 12.0. The SMILES string of the molecule is CCC(N)C(OCC1CCCO1)c1cccc(C)c1. The predicted octanol–water partition coefficient (Wildman–Crippen LogP) is 2.97. The largest absolute Gasteiger partial charge is 0.376 e. The molecule has 1 aliphatic rings. The third-order valence-corrected chi connectivity index (χ3v) is 3.72. The molecule has 0 aromatic heterocycles. The lowest BCUT2D eigenvalue weighted by Crippen LogP contribution is -2.31. The van der Waals surface area contributed by atoms with Crippen LogP contribution in [-0.4, -0.2) is 25.4 Å². The van der Waals surface area contributed by atoms with Crippen molar-refractivity contribution in [3.8, 4) is 0 Å². The Morgan fingerprint density at radius 3 is 2.95 bits per heavy atom.